The van der Waals surface area contributed by atoms with E-state index in [1.54, 1.807) is 19.1 Å². The van der Waals surface area contributed by atoms with Gasteiger partial charge < -0.3 is 10.2 Å². The Balaban J connectivity index is 1.50. The molecule has 2 N–H and O–H groups in total. The number of non-ortho nitro benzene ring substituents is 1. The largest absolute Gasteiger partial charge is 0.369 e. The molecule has 0 aromatic heterocycles. The number of nitro benzene ring substituents is 1. The van der Waals surface area contributed by atoms with Gasteiger partial charge in [0.2, 0.25) is 5.91 Å². The van der Waals surface area contributed by atoms with E-state index < -0.39 is 17.0 Å². The molecular weight excluding hydrogens is 398 g/mol. The summed E-state index contributed by atoms with van der Waals surface area (Å²) >= 11 is 0. The van der Waals surface area contributed by atoms with E-state index >= 15 is 0 Å². The Morgan fingerprint density at radius 2 is 1.68 bits per heavy atom. The highest BCUT2D eigenvalue weighted by molar-refractivity contribution is 6.03. The first-order chi connectivity index (χ1) is 14.7. The topological polar surface area (TPSA) is 108 Å². The summed E-state index contributed by atoms with van der Waals surface area (Å²) in [6, 6.07) is 11.1. The number of nitro groups is 1. The maximum atomic E-state index is 12.5. The van der Waals surface area contributed by atoms with Crippen LogP contribution in [0.5, 0.6) is 0 Å². The summed E-state index contributed by atoms with van der Waals surface area (Å²) in [6.07, 6.45) is 0. The fourth-order valence-electron chi connectivity index (χ4n) is 3.64. The first-order valence-electron chi connectivity index (χ1n) is 10.2. The van der Waals surface area contributed by atoms with E-state index in [9.17, 15) is 19.7 Å². The molecular formula is C22H27N5O4. The summed E-state index contributed by atoms with van der Waals surface area (Å²) in [5.41, 5.74) is 3.67. The molecule has 9 heteroatoms. The highest BCUT2D eigenvalue weighted by Crippen LogP contribution is 2.21. The molecule has 164 valence electrons. The quantitative estimate of drug-likeness (QED) is 0.563. The molecule has 1 fully saturated rings. The normalized spacial score (nSPS) is 15.3. The highest BCUT2D eigenvalue weighted by atomic mass is 16.6. The van der Waals surface area contributed by atoms with Crippen LogP contribution in [0.3, 0.4) is 0 Å². The maximum absolute atomic E-state index is 12.5. The van der Waals surface area contributed by atoms with Gasteiger partial charge in [-0.15, -0.1) is 0 Å². The van der Waals surface area contributed by atoms with Crippen LogP contribution < -0.4 is 15.5 Å². The van der Waals surface area contributed by atoms with Crippen molar-refractivity contribution in [1.29, 1.82) is 0 Å². The molecule has 1 heterocycles. The van der Waals surface area contributed by atoms with Crippen molar-refractivity contribution < 1.29 is 14.5 Å². The van der Waals surface area contributed by atoms with Gasteiger partial charge in [0.1, 0.15) is 0 Å². The number of amides is 3. The minimum Gasteiger partial charge on any atom is -0.369 e. The van der Waals surface area contributed by atoms with E-state index in [1.165, 1.54) is 12.1 Å². The van der Waals surface area contributed by atoms with Crippen molar-refractivity contribution in [2.75, 3.05) is 36.4 Å². The molecule has 1 atom stereocenters. The molecule has 0 radical (unpaired) electrons. The van der Waals surface area contributed by atoms with Crippen LogP contribution in [0.1, 0.15) is 18.1 Å². The SMILES string of the molecule is Cc1ccc(NC(=O)NC(=O)[C@@H](C)N2CCN(c3ccc([N+](=O)[O-])cc3)CC2)c(C)c1. The highest BCUT2D eigenvalue weighted by Gasteiger charge is 2.27. The van der Waals surface area contributed by atoms with Crippen LogP contribution in [-0.4, -0.2) is 54.0 Å². The minimum atomic E-state index is -0.548. The number of benzene rings is 2. The molecule has 1 saturated heterocycles. The molecule has 1 aliphatic rings. The number of nitrogens with one attached hydrogen (secondary N) is 2. The number of carbonyl (C=O) groups is 2. The van der Waals surface area contributed by atoms with Crippen LogP contribution in [0.15, 0.2) is 42.5 Å². The molecule has 3 amide bonds. The van der Waals surface area contributed by atoms with Crippen LogP contribution in [0, 0.1) is 24.0 Å². The van der Waals surface area contributed by atoms with E-state index in [4.69, 9.17) is 0 Å². The molecule has 2 aromatic carbocycles. The second-order valence-electron chi connectivity index (χ2n) is 7.73. The molecule has 31 heavy (non-hydrogen) atoms. The van der Waals surface area contributed by atoms with Crippen molar-refractivity contribution in [1.82, 2.24) is 10.2 Å². The summed E-state index contributed by atoms with van der Waals surface area (Å²) in [5.74, 6) is -0.356. The second-order valence-corrected chi connectivity index (χ2v) is 7.73. The molecule has 0 bridgehead atoms. The minimum absolute atomic E-state index is 0.0618. The lowest BCUT2D eigenvalue weighted by Gasteiger charge is -2.38. The summed E-state index contributed by atoms with van der Waals surface area (Å²) in [6.45, 7) is 8.31. The lowest BCUT2D eigenvalue weighted by Crippen LogP contribution is -2.55. The number of carbonyl (C=O) groups excluding carboxylic acids is 2. The Bertz CT molecular complexity index is 968. The lowest BCUT2D eigenvalue weighted by molar-refractivity contribution is -0.384. The fraction of sp³-hybridized carbons (Fsp3) is 0.364. The van der Waals surface area contributed by atoms with Crippen molar-refractivity contribution in [2.24, 2.45) is 0 Å². The van der Waals surface area contributed by atoms with Crippen LogP contribution in [0.2, 0.25) is 0 Å². The number of hydrogen-bond acceptors (Lipinski definition) is 6. The maximum Gasteiger partial charge on any atom is 0.325 e. The first-order valence-corrected chi connectivity index (χ1v) is 10.2. The average molecular weight is 425 g/mol. The summed E-state index contributed by atoms with van der Waals surface area (Å²) in [5, 5.41) is 15.9. The number of rotatable bonds is 5. The van der Waals surface area contributed by atoms with Gasteiger partial charge in [-0.05, 0) is 44.5 Å². The van der Waals surface area contributed by atoms with Gasteiger partial charge in [-0.25, -0.2) is 4.79 Å². The van der Waals surface area contributed by atoms with Gasteiger partial charge in [0.15, 0.2) is 0 Å². The van der Waals surface area contributed by atoms with E-state index in [0.717, 1.165) is 16.8 Å². The average Bonchev–Trinajstić information content (AvgIpc) is 2.75. The standard InChI is InChI=1S/C22H27N5O4/c1-15-4-9-20(16(2)14-15)23-22(29)24-21(28)17(3)25-10-12-26(13-11-25)18-5-7-19(8-6-18)27(30)31/h4-9,14,17H,10-13H2,1-3H3,(H2,23,24,28,29)/t17-/m1/s1. The molecule has 0 unspecified atom stereocenters. The third-order valence-corrected chi connectivity index (χ3v) is 5.53. The number of nitrogens with zero attached hydrogens (tertiary/aromatic N) is 3. The van der Waals surface area contributed by atoms with E-state index in [-0.39, 0.29) is 11.6 Å². The molecule has 0 aliphatic carbocycles. The number of aryl methyl sites for hydroxylation is 2. The second kappa shape index (κ2) is 9.57. The Kier molecular flexibility index (Phi) is 6.86. The van der Waals surface area contributed by atoms with Gasteiger partial charge in [-0.1, -0.05) is 17.7 Å². The van der Waals surface area contributed by atoms with Crippen molar-refractivity contribution >= 4 is 29.0 Å². The third kappa shape index (κ3) is 5.58. The predicted octanol–water partition coefficient (Wildman–Crippen LogP) is 3.07. The summed E-state index contributed by atoms with van der Waals surface area (Å²) < 4.78 is 0. The number of piperazine rings is 1. The molecule has 0 spiro atoms. The molecule has 3 rings (SSSR count). The van der Waals surface area contributed by atoms with E-state index in [0.29, 0.717) is 31.9 Å². The van der Waals surface area contributed by atoms with Crippen LogP contribution in [-0.2, 0) is 4.79 Å². The molecule has 9 nitrogen and oxygen atoms in total. The van der Waals surface area contributed by atoms with Gasteiger partial charge >= 0.3 is 6.03 Å². The number of hydrogen-bond donors (Lipinski definition) is 2. The van der Waals surface area contributed by atoms with Crippen molar-refractivity contribution in [2.45, 2.75) is 26.8 Å². The Morgan fingerprint density at radius 1 is 1.03 bits per heavy atom. The fourth-order valence-corrected chi connectivity index (χ4v) is 3.64. The zero-order chi connectivity index (χ0) is 22.5. The van der Waals surface area contributed by atoms with Crippen molar-refractivity contribution in [3.05, 3.63) is 63.7 Å². The zero-order valence-corrected chi connectivity index (χ0v) is 17.9. The third-order valence-electron chi connectivity index (χ3n) is 5.53. The zero-order valence-electron chi connectivity index (χ0n) is 17.9. The predicted molar refractivity (Wildman–Crippen MR) is 119 cm³/mol. The number of imide groups is 1. The van der Waals surface area contributed by atoms with Gasteiger partial charge in [0.25, 0.3) is 5.69 Å². The monoisotopic (exact) mass is 425 g/mol. The van der Waals surface area contributed by atoms with Crippen LogP contribution in [0.4, 0.5) is 21.9 Å². The van der Waals surface area contributed by atoms with Gasteiger partial charge in [0.05, 0.1) is 11.0 Å². The summed E-state index contributed by atoms with van der Waals surface area (Å²) in [7, 11) is 0. The van der Waals surface area contributed by atoms with Gasteiger partial charge in [0, 0.05) is 49.7 Å². The smallest absolute Gasteiger partial charge is 0.325 e. The van der Waals surface area contributed by atoms with Crippen LogP contribution >= 0.6 is 0 Å². The molecule has 0 saturated carbocycles. The summed E-state index contributed by atoms with van der Waals surface area (Å²) in [4.78, 5) is 39.3. The molecule has 1 aliphatic heterocycles. The number of anilines is 2. The van der Waals surface area contributed by atoms with Crippen molar-refractivity contribution in [3.8, 4) is 0 Å². The first kappa shape index (κ1) is 22.2. The van der Waals surface area contributed by atoms with E-state index in [1.807, 2.05) is 36.9 Å². The van der Waals surface area contributed by atoms with E-state index in [2.05, 4.69) is 15.5 Å². The lowest BCUT2D eigenvalue weighted by atomic mass is 10.1. The Hall–Kier alpha value is -3.46. The Labute approximate surface area is 181 Å². The number of urea groups is 1. The van der Waals surface area contributed by atoms with Crippen molar-refractivity contribution in [3.63, 3.8) is 0 Å². The van der Waals surface area contributed by atoms with Gasteiger partial charge in [-0.2, -0.15) is 0 Å². The molecule has 2 aromatic rings. The Morgan fingerprint density at radius 3 is 2.26 bits per heavy atom. The van der Waals surface area contributed by atoms with Crippen LogP contribution in [0.25, 0.3) is 0 Å². The van der Waals surface area contributed by atoms with Gasteiger partial charge in [-0.3, -0.25) is 25.1 Å².